The maximum absolute atomic E-state index is 11.7. The summed E-state index contributed by atoms with van der Waals surface area (Å²) in [7, 11) is 0. The standard InChI is InChI=1S/C7H9N5O4S/c13-3-1-4(5(14)15)12(2-3)7(16)8-6-9-10-11-17-6/h3-4,13H,1-2H2,(H,14,15)(H,8,9,11,16). The number of aliphatic hydroxyl groups excluding tert-OH is 1. The van der Waals surface area contributed by atoms with Gasteiger partial charge < -0.3 is 15.1 Å². The van der Waals surface area contributed by atoms with Crippen LogP contribution in [-0.4, -0.2) is 60.6 Å². The largest absolute Gasteiger partial charge is 0.480 e. The lowest BCUT2D eigenvalue weighted by molar-refractivity contribution is -0.141. The molecule has 1 fully saturated rings. The Labute approximate surface area is 99.2 Å². The van der Waals surface area contributed by atoms with Gasteiger partial charge in [-0.25, -0.2) is 9.59 Å². The third-order valence-electron chi connectivity index (χ3n) is 2.34. The number of aliphatic carboxylic acids is 1. The molecule has 92 valence electrons. The molecule has 0 aromatic carbocycles. The fourth-order valence-corrected chi connectivity index (χ4v) is 1.97. The molecule has 3 N–H and O–H groups in total. The van der Waals surface area contributed by atoms with Crippen molar-refractivity contribution in [1.82, 2.24) is 19.7 Å². The number of aromatic nitrogens is 3. The zero-order valence-electron chi connectivity index (χ0n) is 8.48. The summed E-state index contributed by atoms with van der Waals surface area (Å²) in [6.07, 6.45) is -0.800. The Kier molecular flexibility index (Phi) is 3.15. The van der Waals surface area contributed by atoms with Crippen molar-refractivity contribution >= 4 is 28.7 Å². The molecule has 2 amide bonds. The van der Waals surface area contributed by atoms with Crippen LogP contribution in [0.5, 0.6) is 0 Å². The highest BCUT2D eigenvalue weighted by Gasteiger charge is 2.39. The topological polar surface area (TPSA) is 129 Å². The first-order chi connectivity index (χ1) is 8.08. The van der Waals surface area contributed by atoms with E-state index < -0.39 is 24.1 Å². The van der Waals surface area contributed by atoms with Gasteiger partial charge in [0, 0.05) is 24.5 Å². The molecule has 0 bridgehead atoms. The second-order valence-electron chi connectivity index (χ2n) is 3.49. The van der Waals surface area contributed by atoms with E-state index in [9.17, 15) is 14.7 Å². The van der Waals surface area contributed by atoms with Crippen LogP contribution in [0.4, 0.5) is 9.93 Å². The number of nitrogens with one attached hydrogen (secondary N) is 1. The van der Waals surface area contributed by atoms with Crippen LogP contribution < -0.4 is 5.32 Å². The maximum Gasteiger partial charge on any atom is 0.326 e. The van der Waals surface area contributed by atoms with Crippen LogP contribution in [0.1, 0.15) is 6.42 Å². The lowest BCUT2D eigenvalue weighted by Crippen LogP contribution is -2.43. The van der Waals surface area contributed by atoms with Crippen molar-refractivity contribution in [2.75, 3.05) is 11.9 Å². The van der Waals surface area contributed by atoms with Crippen molar-refractivity contribution in [2.45, 2.75) is 18.6 Å². The number of carbonyl (C=O) groups is 2. The second-order valence-corrected chi connectivity index (χ2v) is 4.23. The number of carbonyl (C=O) groups excluding carboxylic acids is 1. The Morgan fingerprint density at radius 2 is 2.29 bits per heavy atom. The number of rotatable bonds is 2. The minimum absolute atomic E-state index is 0.0188. The van der Waals surface area contributed by atoms with Gasteiger partial charge in [0.15, 0.2) is 0 Å². The highest BCUT2D eigenvalue weighted by Crippen LogP contribution is 2.19. The minimum atomic E-state index is -1.15. The molecule has 1 aliphatic rings. The molecule has 0 spiro atoms. The Bertz CT molecular complexity index is 424. The third-order valence-corrected chi connectivity index (χ3v) is 2.85. The van der Waals surface area contributed by atoms with E-state index in [1.54, 1.807) is 0 Å². The number of β-amino-alcohol motifs (C(OH)–C–C–N with tert-alkyl or cyclic N) is 1. The Morgan fingerprint density at radius 1 is 1.53 bits per heavy atom. The van der Waals surface area contributed by atoms with Gasteiger partial charge in [-0.1, -0.05) is 9.59 Å². The minimum Gasteiger partial charge on any atom is -0.480 e. The number of carboxylic acid groups (broad SMARTS) is 1. The van der Waals surface area contributed by atoms with Gasteiger partial charge in [0.1, 0.15) is 6.04 Å². The SMILES string of the molecule is O=C(O)C1CC(O)CN1C(=O)Nc1nnns1. The summed E-state index contributed by atoms with van der Waals surface area (Å²) in [6, 6.07) is -1.65. The van der Waals surface area contributed by atoms with Gasteiger partial charge in [-0.3, -0.25) is 5.32 Å². The Morgan fingerprint density at radius 3 is 2.88 bits per heavy atom. The van der Waals surface area contributed by atoms with Gasteiger partial charge in [0.2, 0.25) is 5.13 Å². The second kappa shape index (κ2) is 4.59. The van der Waals surface area contributed by atoms with E-state index in [-0.39, 0.29) is 18.1 Å². The highest BCUT2D eigenvalue weighted by molar-refractivity contribution is 7.09. The molecule has 1 aliphatic heterocycles. The molecular weight excluding hydrogens is 250 g/mol. The molecule has 1 aromatic heterocycles. The quantitative estimate of drug-likeness (QED) is 0.620. The van der Waals surface area contributed by atoms with Crippen molar-refractivity contribution in [3.05, 3.63) is 0 Å². The molecule has 1 saturated heterocycles. The van der Waals surface area contributed by atoms with E-state index in [1.165, 1.54) is 0 Å². The molecule has 0 saturated carbocycles. The van der Waals surface area contributed by atoms with Crippen molar-refractivity contribution < 1.29 is 19.8 Å². The maximum atomic E-state index is 11.7. The first-order valence-electron chi connectivity index (χ1n) is 4.71. The molecular formula is C7H9N5O4S. The van der Waals surface area contributed by atoms with E-state index in [0.717, 1.165) is 16.4 Å². The zero-order chi connectivity index (χ0) is 12.4. The van der Waals surface area contributed by atoms with Gasteiger partial charge in [-0.2, -0.15) is 0 Å². The molecule has 1 aromatic rings. The van der Waals surface area contributed by atoms with Crippen LogP contribution in [0.25, 0.3) is 0 Å². The predicted molar refractivity (Wildman–Crippen MR) is 55.5 cm³/mol. The van der Waals surface area contributed by atoms with Crippen molar-refractivity contribution in [3.63, 3.8) is 0 Å². The number of urea groups is 1. The van der Waals surface area contributed by atoms with Gasteiger partial charge in [0.05, 0.1) is 6.10 Å². The Balaban J connectivity index is 2.05. The summed E-state index contributed by atoms with van der Waals surface area (Å²) in [5.74, 6) is -1.15. The number of likely N-dealkylation sites (tertiary alicyclic amines) is 1. The summed E-state index contributed by atoms with van der Waals surface area (Å²) in [5.41, 5.74) is 0. The molecule has 2 unspecified atom stereocenters. The number of carboxylic acids is 1. The number of amides is 2. The molecule has 2 heterocycles. The zero-order valence-corrected chi connectivity index (χ0v) is 9.29. The van der Waals surface area contributed by atoms with Gasteiger partial charge >= 0.3 is 12.0 Å². The number of aliphatic hydroxyl groups is 1. The highest BCUT2D eigenvalue weighted by atomic mass is 32.1. The fraction of sp³-hybridized carbons (Fsp3) is 0.571. The summed E-state index contributed by atoms with van der Waals surface area (Å²) in [6.45, 7) is -0.0188. The van der Waals surface area contributed by atoms with Gasteiger partial charge in [-0.05, 0) is 5.21 Å². The number of hydrogen-bond donors (Lipinski definition) is 3. The van der Waals surface area contributed by atoms with Crippen molar-refractivity contribution in [1.29, 1.82) is 0 Å². The third kappa shape index (κ3) is 2.47. The number of hydrogen-bond acceptors (Lipinski definition) is 7. The van der Waals surface area contributed by atoms with E-state index in [0.29, 0.717) is 0 Å². The monoisotopic (exact) mass is 259 g/mol. The normalized spacial score (nSPS) is 23.7. The van der Waals surface area contributed by atoms with Gasteiger partial charge in [-0.15, -0.1) is 0 Å². The molecule has 17 heavy (non-hydrogen) atoms. The lowest BCUT2D eigenvalue weighted by atomic mass is 10.2. The van der Waals surface area contributed by atoms with Crippen LogP contribution in [0.15, 0.2) is 0 Å². The van der Waals surface area contributed by atoms with Gasteiger partial charge in [0.25, 0.3) is 0 Å². The summed E-state index contributed by atoms with van der Waals surface area (Å²) >= 11 is 0.880. The first-order valence-corrected chi connectivity index (χ1v) is 5.49. The van der Waals surface area contributed by atoms with Crippen molar-refractivity contribution in [2.24, 2.45) is 0 Å². The van der Waals surface area contributed by atoms with Crippen LogP contribution in [0.2, 0.25) is 0 Å². The van der Waals surface area contributed by atoms with E-state index in [2.05, 4.69) is 20.1 Å². The average Bonchev–Trinajstić information content (AvgIpc) is 2.86. The predicted octanol–water partition coefficient (Wildman–Crippen LogP) is -1.02. The first kappa shape index (κ1) is 11.7. The molecule has 10 heteroatoms. The lowest BCUT2D eigenvalue weighted by Gasteiger charge is -2.20. The van der Waals surface area contributed by atoms with E-state index in [4.69, 9.17) is 5.11 Å². The van der Waals surface area contributed by atoms with Crippen molar-refractivity contribution in [3.8, 4) is 0 Å². The summed E-state index contributed by atoms with van der Waals surface area (Å²) < 4.78 is 3.45. The molecule has 0 radical (unpaired) electrons. The van der Waals surface area contributed by atoms with Crippen LogP contribution in [0, 0.1) is 0 Å². The molecule has 0 aliphatic carbocycles. The number of nitrogens with zero attached hydrogens (tertiary/aromatic N) is 4. The van der Waals surface area contributed by atoms with Crippen LogP contribution >= 0.6 is 11.5 Å². The number of anilines is 1. The molecule has 2 rings (SSSR count). The van der Waals surface area contributed by atoms with E-state index in [1.807, 2.05) is 0 Å². The molecule has 2 atom stereocenters. The fourth-order valence-electron chi connectivity index (χ4n) is 1.62. The summed E-state index contributed by atoms with van der Waals surface area (Å²) in [4.78, 5) is 23.7. The Hall–Kier alpha value is -1.81. The van der Waals surface area contributed by atoms with Crippen LogP contribution in [-0.2, 0) is 4.79 Å². The average molecular weight is 259 g/mol. The molecule has 9 nitrogen and oxygen atoms in total. The van der Waals surface area contributed by atoms with E-state index >= 15 is 0 Å². The van der Waals surface area contributed by atoms with Crippen LogP contribution in [0.3, 0.4) is 0 Å². The smallest absolute Gasteiger partial charge is 0.326 e. The summed E-state index contributed by atoms with van der Waals surface area (Å²) in [5, 5.41) is 27.6.